The standard InChI is InChI=1S/C16H20ClNO5/c1-10(2)8-18(9-15(20)21)14(19)7-11-5-12(17)16-13(6-11)22-3-4-23-16/h5-6,10H,3-4,7-9H2,1-2H3,(H,20,21). The fraction of sp³-hybridized carbons (Fsp3) is 0.500. The highest BCUT2D eigenvalue weighted by Gasteiger charge is 2.21. The Morgan fingerprint density at radius 1 is 1.30 bits per heavy atom. The molecular weight excluding hydrogens is 322 g/mol. The molecule has 0 spiro atoms. The van der Waals surface area contributed by atoms with E-state index in [-0.39, 0.29) is 24.8 Å². The largest absolute Gasteiger partial charge is 0.486 e. The first-order valence-corrected chi connectivity index (χ1v) is 7.82. The minimum absolute atomic E-state index is 0.0658. The predicted octanol–water partition coefficient (Wildman–Crippen LogP) is 2.22. The van der Waals surface area contributed by atoms with Crippen molar-refractivity contribution in [3.05, 3.63) is 22.7 Å². The van der Waals surface area contributed by atoms with E-state index in [0.29, 0.717) is 41.8 Å². The van der Waals surface area contributed by atoms with Crippen molar-refractivity contribution in [3.8, 4) is 11.5 Å². The van der Waals surface area contributed by atoms with Crippen molar-refractivity contribution in [2.75, 3.05) is 26.3 Å². The summed E-state index contributed by atoms with van der Waals surface area (Å²) in [4.78, 5) is 24.7. The van der Waals surface area contributed by atoms with Crippen LogP contribution in [0.5, 0.6) is 11.5 Å². The molecule has 0 aromatic heterocycles. The van der Waals surface area contributed by atoms with E-state index in [9.17, 15) is 9.59 Å². The van der Waals surface area contributed by atoms with Crippen molar-refractivity contribution in [2.24, 2.45) is 5.92 Å². The van der Waals surface area contributed by atoms with Crippen molar-refractivity contribution in [2.45, 2.75) is 20.3 Å². The normalized spacial score (nSPS) is 13.0. The smallest absolute Gasteiger partial charge is 0.323 e. The summed E-state index contributed by atoms with van der Waals surface area (Å²) in [6, 6.07) is 3.37. The highest BCUT2D eigenvalue weighted by molar-refractivity contribution is 6.32. The second-order valence-electron chi connectivity index (χ2n) is 5.84. The average molecular weight is 342 g/mol. The highest BCUT2D eigenvalue weighted by atomic mass is 35.5. The summed E-state index contributed by atoms with van der Waals surface area (Å²) in [5, 5.41) is 9.35. The molecule has 0 fully saturated rings. The van der Waals surface area contributed by atoms with Gasteiger partial charge in [0, 0.05) is 6.54 Å². The first-order valence-electron chi connectivity index (χ1n) is 7.44. The molecule has 0 bridgehead atoms. The predicted molar refractivity (Wildman–Crippen MR) is 85.2 cm³/mol. The molecule has 1 N–H and O–H groups in total. The first-order chi connectivity index (χ1) is 10.9. The van der Waals surface area contributed by atoms with Crippen molar-refractivity contribution in [3.63, 3.8) is 0 Å². The number of benzene rings is 1. The van der Waals surface area contributed by atoms with E-state index < -0.39 is 5.97 Å². The van der Waals surface area contributed by atoms with Crippen LogP contribution in [0.25, 0.3) is 0 Å². The fourth-order valence-electron chi connectivity index (χ4n) is 2.41. The van der Waals surface area contributed by atoms with Crippen molar-refractivity contribution in [1.29, 1.82) is 0 Å². The lowest BCUT2D eigenvalue weighted by molar-refractivity contribution is -0.144. The summed E-state index contributed by atoms with van der Waals surface area (Å²) < 4.78 is 10.9. The Kier molecular flexibility index (Phi) is 5.71. The Labute approximate surface area is 139 Å². The number of nitrogens with zero attached hydrogens (tertiary/aromatic N) is 1. The number of ether oxygens (including phenoxy) is 2. The molecule has 2 rings (SSSR count). The molecule has 0 saturated heterocycles. The van der Waals surface area contributed by atoms with Crippen LogP contribution in [-0.4, -0.2) is 48.2 Å². The Morgan fingerprint density at radius 2 is 2.00 bits per heavy atom. The van der Waals surface area contributed by atoms with Gasteiger partial charge in [-0.3, -0.25) is 9.59 Å². The molecule has 1 aliphatic heterocycles. The molecule has 126 valence electrons. The number of carboxylic acids is 1. The maximum atomic E-state index is 12.4. The van der Waals surface area contributed by atoms with Crippen molar-refractivity contribution < 1.29 is 24.2 Å². The van der Waals surface area contributed by atoms with Crippen LogP contribution >= 0.6 is 11.6 Å². The molecule has 1 aromatic rings. The molecule has 6 nitrogen and oxygen atoms in total. The van der Waals surface area contributed by atoms with Gasteiger partial charge in [-0.2, -0.15) is 0 Å². The van der Waals surface area contributed by atoms with Gasteiger partial charge in [0.05, 0.1) is 11.4 Å². The second kappa shape index (κ2) is 7.55. The van der Waals surface area contributed by atoms with Crippen LogP contribution < -0.4 is 9.47 Å². The van der Waals surface area contributed by atoms with Crippen LogP contribution in [0.4, 0.5) is 0 Å². The number of carbonyl (C=O) groups excluding carboxylic acids is 1. The van der Waals surface area contributed by atoms with E-state index in [1.807, 2.05) is 13.8 Å². The zero-order valence-corrected chi connectivity index (χ0v) is 13.9. The maximum absolute atomic E-state index is 12.4. The average Bonchev–Trinajstić information content (AvgIpc) is 2.45. The van der Waals surface area contributed by atoms with E-state index in [4.69, 9.17) is 26.2 Å². The number of hydrogen-bond donors (Lipinski definition) is 1. The van der Waals surface area contributed by atoms with Crippen LogP contribution in [0.3, 0.4) is 0 Å². The van der Waals surface area contributed by atoms with Crippen LogP contribution in [-0.2, 0) is 16.0 Å². The van der Waals surface area contributed by atoms with Crippen LogP contribution in [0, 0.1) is 5.92 Å². The number of hydrogen-bond acceptors (Lipinski definition) is 4. The van der Waals surface area contributed by atoms with E-state index in [2.05, 4.69) is 0 Å². The lowest BCUT2D eigenvalue weighted by Crippen LogP contribution is -2.39. The summed E-state index contributed by atoms with van der Waals surface area (Å²) in [7, 11) is 0. The van der Waals surface area contributed by atoms with E-state index in [0.717, 1.165) is 0 Å². The summed E-state index contributed by atoms with van der Waals surface area (Å²) >= 11 is 6.15. The van der Waals surface area contributed by atoms with Gasteiger partial charge in [-0.15, -0.1) is 0 Å². The van der Waals surface area contributed by atoms with E-state index in [1.165, 1.54) is 4.90 Å². The summed E-state index contributed by atoms with van der Waals surface area (Å²) in [5.74, 6) is -0.103. The molecule has 1 aliphatic rings. The number of carboxylic acid groups (broad SMARTS) is 1. The minimum Gasteiger partial charge on any atom is -0.486 e. The topological polar surface area (TPSA) is 76.1 Å². The number of amides is 1. The zero-order chi connectivity index (χ0) is 17.0. The zero-order valence-electron chi connectivity index (χ0n) is 13.2. The second-order valence-corrected chi connectivity index (χ2v) is 6.25. The van der Waals surface area contributed by atoms with Gasteiger partial charge < -0.3 is 19.5 Å². The Balaban J connectivity index is 2.14. The van der Waals surface area contributed by atoms with Gasteiger partial charge in [0.25, 0.3) is 0 Å². The Morgan fingerprint density at radius 3 is 2.65 bits per heavy atom. The van der Waals surface area contributed by atoms with Gasteiger partial charge in [-0.1, -0.05) is 25.4 Å². The van der Waals surface area contributed by atoms with Gasteiger partial charge in [0.1, 0.15) is 19.8 Å². The molecule has 23 heavy (non-hydrogen) atoms. The number of halogens is 1. The maximum Gasteiger partial charge on any atom is 0.323 e. The van der Waals surface area contributed by atoms with Gasteiger partial charge in [-0.25, -0.2) is 0 Å². The van der Waals surface area contributed by atoms with Gasteiger partial charge in [0.15, 0.2) is 11.5 Å². The molecule has 7 heteroatoms. The third-order valence-electron chi connectivity index (χ3n) is 3.28. The Bertz CT molecular complexity index is 602. The fourth-order valence-corrected chi connectivity index (χ4v) is 2.70. The highest BCUT2D eigenvalue weighted by Crippen LogP contribution is 2.38. The molecule has 1 amide bonds. The van der Waals surface area contributed by atoms with Gasteiger partial charge in [-0.05, 0) is 23.6 Å². The van der Waals surface area contributed by atoms with E-state index in [1.54, 1.807) is 12.1 Å². The number of aliphatic carboxylic acids is 1. The molecule has 1 heterocycles. The van der Waals surface area contributed by atoms with Crippen molar-refractivity contribution in [1.82, 2.24) is 4.90 Å². The van der Waals surface area contributed by atoms with Crippen LogP contribution in [0.2, 0.25) is 5.02 Å². The minimum atomic E-state index is -1.03. The number of rotatable bonds is 6. The third-order valence-corrected chi connectivity index (χ3v) is 3.56. The van der Waals surface area contributed by atoms with Crippen LogP contribution in [0.1, 0.15) is 19.4 Å². The number of carbonyl (C=O) groups is 2. The van der Waals surface area contributed by atoms with Crippen LogP contribution in [0.15, 0.2) is 12.1 Å². The number of fused-ring (bicyclic) bond motifs is 1. The Hall–Kier alpha value is -1.95. The molecule has 0 atom stereocenters. The van der Waals surface area contributed by atoms with Gasteiger partial charge in [0.2, 0.25) is 5.91 Å². The summed E-state index contributed by atoms with van der Waals surface area (Å²) in [6.45, 7) is 4.82. The molecule has 0 saturated carbocycles. The third kappa shape index (κ3) is 4.76. The van der Waals surface area contributed by atoms with Gasteiger partial charge >= 0.3 is 5.97 Å². The molecule has 1 aromatic carbocycles. The molecule has 0 radical (unpaired) electrons. The van der Waals surface area contributed by atoms with Crippen molar-refractivity contribution >= 4 is 23.5 Å². The lowest BCUT2D eigenvalue weighted by Gasteiger charge is -2.24. The molecule has 0 unspecified atom stereocenters. The summed E-state index contributed by atoms with van der Waals surface area (Å²) in [6.07, 6.45) is 0.0658. The summed E-state index contributed by atoms with van der Waals surface area (Å²) in [5.41, 5.74) is 0.670. The van der Waals surface area contributed by atoms with E-state index >= 15 is 0 Å². The monoisotopic (exact) mass is 341 g/mol. The quantitative estimate of drug-likeness (QED) is 0.858. The molecule has 0 aliphatic carbocycles. The molecular formula is C16H20ClNO5. The lowest BCUT2D eigenvalue weighted by atomic mass is 10.1. The SMILES string of the molecule is CC(C)CN(CC(=O)O)C(=O)Cc1cc(Cl)c2c(c1)OCCO2. The first kappa shape index (κ1) is 17.4.